The molecule has 1 aromatic carbocycles. The molecule has 0 saturated carbocycles. The lowest BCUT2D eigenvalue weighted by molar-refractivity contribution is -0.142. The molecule has 1 atom stereocenters. The molecule has 100 valence electrons. The molecule has 1 heterocycles. The van der Waals surface area contributed by atoms with Crippen molar-refractivity contribution in [3.63, 3.8) is 0 Å². The summed E-state index contributed by atoms with van der Waals surface area (Å²) in [4.78, 5) is 15.7. The van der Waals surface area contributed by atoms with Crippen molar-refractivity contribution in [2.24, 2.45) is 0 Å². The van der Waals surface area contributed by atoms with E-state index in [0.717, 1.165) is 16.6 Å². The molecule has 4 nitrogen and oxygen atoms in total. The summed E-state index contributed by atoms with van der Waals surface area (Å²) < 4.78 is 10.4. The molecule has 0 aliphatic carbocycles. The van der Waals surface area contributed by atoms with Crippen LogP contribution in [0.1, 0.15) is 19.0 Å². The predicted molar refractivity (Wildman–Crippen MR) is 73.2 cm³/mol. The fraction of sp³-hybridized carbons (Fsp3) is 0.333. The highest BCUT2D eigenvalue weighted by molar-refractivity contribution is 5.84. The van der Waals surface area contributed by atoms with E-state index in [0.29, 0.717) is 5.75 Å². The van der Waals surface area contributed by atoms with Crippen LogP contribution in [-0.2, 0) is 9.53 Å². The Bertz CT molecular complexity index is 595. The molecule has 0 bridgehead atoms. The van der Waals surface area contributed by atoms with Crippen LogP contribution in [0.4, 0.5) is 0 Å². The first kappa shape index (κ1) is 13.3. The average Bonchev–Trinajstić information content (AvgIpc) is 2.39. The largest absolute Gasteiger partial charge is 0.488 e. The number of para-hydroxylation sites is 1. The van der Waals surface area contributed by atoms with Gasteiger partial charge in [0.2, 0.25) is 0 Å². The van der Waals surface area contributed by atoms with Crippen LogP contribution >= 0.6 is 0 Å². The number of esters is 1. The van der Waals surface area contributed by atoms with Gasteiger partial charge in [-0.25, -0.2) is 4.98 Å². The summed E-state index contributed by atoms with van der Waals surface area (Å²) in [7, 11) is 1.37. The lowest BCUT2D eigenvalue weighted by Crippen LogP contribution is -2.18. The Labute approximate surface area is 112 Å². The number of fused-ring (bicyclic) bond motifs is 1. The zero-order valence-corrected chi connectivity index (χ0v) is 11.3. The van der Waals surface area contributed by atoms with Crippen molar-refractivity contribution in [1.29, 1.82) is 0 Å². The van der Waals surface area contributed by atoms with E-state index < -0.39 is 0 Å². The van der Waals surface area contributed by atoms with E-state index in [1.165, 1.54) is 7.11 Å². The predicted octanol–water partition coefficient (Wildman–Crippen LogP) is 2.87. The van der Waals surface area contributed by atoms with Crippen molar-refractivity contribution in [3.8, 4) is 5.75 Å². The second-order valence-electron chi connectivity index (χ2n) is 4.49. The van der Waals surface area contributed by atoms with Crippen LogP contribution in [0.15, 0.2) is 30.3 Å². The van der Waals surface area contributed by atoms with Crippen LogP contribution in [-0.4, -0.2) is 24.2 Å². The number of methoxy groups -OCH3 is 1. The summed E-state index contributed by atoms with van der Waals surface area (Å²) in [6.45, 7) is 3.78. The zero-order valence-electron chi connectivity index (χ0n) is 11.3. The molecule has 0 radical (unpaired) electrons. The van der Waals surface area contributed by atoms with Gasteiger partial charge in [-0.2, -0.15) is 0 Å². The quantitative estimate of drug-likeness (QED) is 0.792. The molecular weight excluding hydrogens is 242 g/mol. The molecule has 0 saturated heterocycles. The third-order valence-corrected chi connectivity index (χ3v) is 2.83. The molecule has 0 spiro atoms. The van der Waals surface area contributed by atoms with Gasteiger partial charge in [-0.1, -0.05) is 18.2 Å². The van der Waals surface area contributed by atoms with Gasteiger partial charge in [-0.3, -0.25) is 4.79 Å². The SMILES string of the molecule is COC(=O)CC(C)Oc1cccc2ccc(C)nc12. The fourth-order valence-electron chi connectivity index (χ4n) is 1.89. The molecule has 0 fully saturated rings. The number of hydrogen-bond acceptors (Lipinski definition) is 4. The van der Waals surface area contributed by atoms with E-state index in [2.05, 4.69) is 9.72 Å². The number of nitrogens with zero attached hydrogens (tertiary/aromatic N) is 1. The van der Waals surface area contributed by atoms with Gasteiger partial charge < -0.3 is 9.47 Å². The minimum Gasteiger partial charge on any atom is -0.488 e. The lowest BCUT2D eigenvalue weighted by Gasteiger charge is -2.15. The number of aryl methyl sites for hydroxylation is 1. The second-order valence-corrected chi connectivity index (χ2v) is 4.49. The molecular formula is C15H17NO3. The maximum Gasteiger partial charge on any atom is 0.309 e. The number of carbonyl (C=O) groups excluding carboxylic acids is 1. The van der Waals surface area contributed by atoms with Gasteiger partial charge in [-0.05, 0) is 26.0 Å². The van der Waals surface area contributed by atoms with Crippen LogP contribution in [0, 0.1) is 6.92 Å². The van der Waals surface area contributed by atoms with Crippen molar-refractivity contribution in [1.82, 2.24) is 4.98 Å². The third kappa shape index (κ3) is 3.22. The highest BCUT2D eigenvalue weighted by atomic mass is 16.5. The van der Waals surface area contributed by atoms with Crippen molar-refractivity contribution in [2.75, 3.05) is 7.11 Å². The van der Waals surface area contributed by atoms with Gasteiger partial charge in [0.05, 0.1) is 13.5 Å². The van der Waals surface area contributed by atoms with E-state index in [9.17, 15) is 4.79 Å². The van der Waals surface area contributed by atoms with Crippen molar-refractivity contribution >= 4 is 16.9 Å². The monoisotopic (exact) mass is 259 g/mol. The summed E-state index contributed by atoms with van der Waals surface area (Å²) in [6, 6.07) is 9.74. The number of rotatable bonds is 4. The van der Waals surface area contributed by atoms with Gasteiger partial charge in [0, 0.05) is 11.1 Å². The summed E-state index contributed by atoms with van der Waals surface area (Å²) in [5.74, 6) is 0.412. The van der Waals surface area contributed by atoms with Crippen molar-refractivity contribution < 1.29 is 14.3 Å². The van der Waals surface area contributed by atoms with Crippen LogP contribution in [0.5, 0.6) is 5.75 Å². The van der Waals surface area contributed by atoms with E-state index in [1.54, 1.807) is 0 Å². The Morgan fingerprint density at radius 3 is 2.84 bits per heavy atom. The van der Waals surface area contributed by atoms with E-state index in [-0.39, 0.29) is 18.5 Å². The average molecular weight is 259 g/mol. The normalized spacial score (nSPS) is 12.2. The number of aromatic nitrogens is 1. The first-order chi connectivity index (χ1) is 9.10. The van der Waals surface area contributed by atoms with Gasteiger partial charge in [0.15, 0.2) is 0 Å². The number of carbonyl (C=O) groups is 1. The molecule has 2 rings (SSSR count). The molecule has 0 amide bonds. The minimum atomic E-state index is -0.281. The Morgan fingerprint density at radius 1 is 1.32 bits per heavy atom. The lowest BCUT2D eigenvalue weighted by atomic mass is 10.2. The van der Waals surface area contributed by atoms with Crippen LogP contribution < -0.4 is 4.74 Å². The topological polar surface area (TPSA) is 48.4 Å². The van der Waals surface area contributed by atoms with Gasteiger partial charge >= 0.3 is 5.97 Å². The third-order valence-electron chi connectivity index (χ3n) is 2.83. The van der Waals surface area contributed by atoms with Crippen LogP contribution in [0.2, 0.25) is 0 Å². The molecule has 0 aliphatic heterocycles. The zero-order chi connectivity index (χ0) is 13.8. The van der Waals surface area contributed by atoms with Gasteiger partial charge in [0.25, 0.3) is 0 Å². The Morgan fingerprint density at radius 2 is 2.11 bits per heavy atom. The molecule has 0 N–H and O–H groups in total. The van der Waals surface area contributed by atoms with Crippen LogP contribution in [0.3, 0.4) is 0 Å². The number of ether oxygens (including phenoxy) is 2. The van der Waals surface area contributed by atoms with Crippen molar-refractivity contribution in [3.05, 3.63) is 36.0 Å². The summed E-state index contributed by atoms with van der Waals surface area (Å²) in [5, 5.41) is 1.02. The molecule has 0 aliphatic rings. The number of hydrogen-bond donors (Lipinski definition) is 0. The Kier molecular flexibility index (Phi) is 4.00. The number of pyridine rings is 1. The molecule has 1 unspecified atom stereocenters. The highest BCUT2D eigenvalue weighted by Gasteiger charge is 2.12. The maximum absolute atomic E-state index is 11.2. The molecule has 1 aromatic heterocycles. The smallest absolute Gasteiger partial charge is 0.309 e. The van der Waals surface area contributed by atoms with Gasteiger partial charge in [-0.15, -0.1) is 0 Å². The van der Waals surface area contributed by atoms with E-state index >= 15 is 0 Å². The molecule has 4 heteroatoms. The Hall–Kier alpha value is -2.10. The Balaban J connectivity index is 2.25. The van der Waals surface area contributed by atoms with Gasteiger partial charge in [0.1, 0.15) is 17.4 Å². The second kappa shape index (κ2) is 5.69. The summed E-state index contributed by atoms with van der Waals surface area (Å²) in [5.41, 5.74) is 1.75. The summed E-state index contributed by atoms with van der Waals surface area (Å²) in [6.07, 6.45) is -0.0287. The minimum absolute atomic E-state index is 0.221. The maximum atomic E-state index is 11.2. The number of benzene rings is 1. The summed E-state index contributed by atoms with van der Waals surface area (Å²) >= 11 is 0. The van der Waals surface area contributed by atoms with E-state index in [1.807, 2.05) is 44.2 Å². The first-order valence-corrected chi connectivity index (χ1v) is 6.20. The standard InChI is InChI=1S/C15H17NO3/c1-10-7-8-12-5-4-6-13(15(12)16-10)19-11(2)9-14(17)18-3/h4-8,11H,9H2,1-3H3. The van der Waals surface area contributed by atoms with Crippen LogP contribution in [0.25, 0.3) is 10.9 Å². The first-order valence-electron chi connectivity index (χ1n) is 6.20. The highest BCUT2D eigenvalue weighted by Crippen LogP contribution is 2.25. The molecule has 19 heavy (non-hydrogen) atoms. The van der Waals surface area contributed by atoms with E-state index in [4.69, 9.17) is 4.74 Å². The fourth-order valence-corrected chi connectivity index (χ4v) is 1.89. The van der Waals surface area contributed by atoms with Crippen molar-refractivity contribution in [2.45, 2.75) is 26.4 Å². The molecule has 2 aromatic rings.